The van der Waals surface area contributed by atoms with Crippen molar-refractivity contribution in [2.24, 2.45) is 0 Å². The number of rotatable bonds is 0. The van der Waals surface area contributed by atoms with E-state index in [9.17, 15) is 5.11 Å². The maximum atomic E-state index is 9.99. The molecule has 14 heavy (non-hydrogen) atoms. The van der Waals surface area contributed by atoms with E-state index in [0.717, 1.165) is 6.54 Å². The summed E-state index contributed by atoms with van der Waals surface area (Å²) in [7, 11) is 0. The van der Waals surface area contributed by atoms with Gasteiger partial charge >= 0.3 is 0 Å². The molecule has 1 aliphatic heterocycles. The van der Waals surface area contributed by atoms with Crippen molar-refractivity contribution in [1.82, 2.24) is 4.90 Å². The number of terminal acetylenes is 1. The zero-order valence-electron chi connectivity index (χ0n) is 9.21. The first kappa shape index (κ1) is 11.5. The lowest BCUT2D eigenvalue weighted by Gasteiger charge is -2.37. The largest absolute Gasteiger partial charge is 0.376 e. The molecule has 0 spiro atoms. The Morgan fingerprint density at radius 1 is 1.50 bits per heavy atom. The van der Waals surface area contributed by atoms with E-state index in [-0.39, 0.29) is 12.1 Å². The van der Waals surface area contributed by atoms with Crippen molar-refractivity contribution in [2.75, 3.05) is 26.3 Å². The Hall–Kier alpha value is -0.560. The van der Waals surface area contributed by atoms with Gasteiger partial charge in [-0.3, -0.25) is 4.90 Å². The van der Waals surface area contributed by atoms with E-state index in [1.54, 1.807) is 0 Å². The molecule has 1 saturated heterocycles. The Bertz CT molecular complexity index is 239. The van der Waals surface area contributed by atoms with Gasteiger partial charge in [0.25, 0.3) is 0 Å². The standard InChI is InChI=1S/C11H19NO2/c1-5-11(13)8-12(10(2,3)4)6-7-14-9-11/h1,13H,6-9H2,2-4H3/t11-/m1/s1. The van der Waals surface area contributed by atoms with Crippen LogP contribution in [0.1, 0.15) is 20.8 Å². The van der Waals surface area contributed by atoms with Gasteiger partial charge in [0, 0.05) is 18.6 Å². The van der Waals surface area contributed by atoms with E-state index in [1.807, 2.05) is 0 Å². The van der Waals surface area contributed by atoms with Gasteiger partial charge in [0.05, 0.1) is 13.2 Å². The fourth-order valence-corrected chi connectivity index (χ4v) is 1.52. The zero-order chi connectivity index (χ0) is 10.8. The number of ether oxygens (including phenoxy) is 1. The number of hydrogen-bond donors (Lipinski definition) is 1. The number of hydrogen-bond acceptors (Lipinski definition) is 3. The summed E-state index contributed by atoms with van der Waals surface area (Å²) in [6.45, 7) is 8.47. The van der Waals surface area contributed by atoms with E-state index in [2.05, 4.69) is 31.6 Å². The van der Waals surface area contributed by atoms with Gasteiger partial charge in [-0.05, 0) is 20.8 Å². The van der Waals surface area contributed by atoms with Crippen molar-refractivity contribution in [3.63, 3.8) is 0 Å². The van der Waals surface area contributed by atoms with Gasteiger partial charge in [0.2, 0.25) is 0 Å². The monoisotopic (exact) mass is 197 g/mol. The molecule has 3 heteroatoms. The average molecular weight is 197 g/mol. The molecule has 0 aromatic rings. The highest BCUT2D eigenvalue weighted by molar-refractivity contribution is 5.10. The van der Waals surface area contributed by atoms with E-state index in [1.165, 1.54) is 0 Å². The summed E-state index contributed by atoms with van der Waals surface area (Å²) in [6, 6.07) is 0. The maximum Gasteiger partial charge on any atom is 0.160 e. The van der Waals surface area contributed by atoms with Gasteiger partial charge in [-0.2, -0.15) is 0 Å². The van der Waals surface area contributed by atoms with Crippen molar-refractivity contribution in [2.45, 2.75) is 31.9 Å². The van der Waals surface area contributed by atoms with Crippen LogP contribution in [0.4, 0.5) is 0 Å². The SMILES string of the molecule is C#C[C@]1(O)COCCN(C(C)(C)C)C1. The highest BCUT2D eigenvalue weighted by Gasteiger charge is 2.34. The highest BCUT2D eigenvalue weighted by atomic mass is 16.5. The predicted molar refractivity (Wildman–Crippen MR) is 55.9 cm³/mol. The summed E-state index contributed by atoms with van der Waals surface area (Å²) in [4.78, 5) is 2.15. The topological polar surface area (TPSA) is 32.7 Å². The van der Waals surface area contributed by atoms with Crippen LogP contribution in [0.2, 0.25) is 0 Å². The summed E-state index contributed by atoms with van der Waals surface area (Å²) in [5, 5.41) is 9.99. The second-order valence-corrected chi connectivity index (χ2v) is 4.82. The molecule has 0 amide bonds. The molecule has 0 saturated carbocycles. The molecule has 0 aromatic heterocycles. The van der Waals surface area contributed by atoms with Gasteiger partial charge in [0.1, 0.15) is 0 Å². The normalized spacial score (nSPS) is 30.8. The van der Waals surface area contributed by atoms with Crippen LogP contribution in [-0.2, 0) is 4.74 Å². The van der Waals surface area contributed by atoms with Crippen LogP contribution in [0.25, 0.3) is 0 Å². The van der Waals surface area contributed by atoms with Crippen LogP contribution in [0.15, 0.2) is 0 Å². The average Bonchev–Trinajstić information content (AvgIpc) is 2.27. The molecule has 1 aliphatic rings. The number of nitrogens with zero attached hydrogens (tertiary/aromatic N) is 1. The highest BCUT2D eigenvalue weighted by Crippen LogP contribution is 2.19. The second-order valence-electron chi connectivity index (χ2n) is 4.82. The Labute approximate surface area is 86.0 Å². The van der Waals surface area contributed by atoms with E-state index < -0.39 is 5.60 Å². The molecule has 0 aromatic carbocycles. The fourth-order valence-electron chi connectivity index (χ4n) is 1.52. The van der Waals surface area contributed by atoms with Crippen molar-refractivity contribution < 1.29 is 9.84 Å². The van der Waals surface area contributed by atoms with Crippen molar-refractivity contribution in [3.05, 3.63) is 0 Å². The van der Waals surface area contributed by atoms with Crippen LogP contribution in [-0.4, -0.2) is 47.4 Å². The molecular weight excluding hydrogens is 178 g/mol. The molecule has 3 nitrogen and oxygen atoms in total. The first-order chi connectivity index (χ1) is 6.37. The summed E-state index contributed by atoms with van der Waals surface area (Å²) in [5.74, 6) is 2.41. The maximum absolute atomic E-state index is 9.99. The van der Waals surface area contributed by atoms with Gasteiger partial charge < -0.3 is 9.84 Å². The first-order valence-electron chi connectivity index (χ1n) is 4.90. The quantitative estimate of drug-likeness (QED) is 0.573. The zero-order valence-corrected chi connectivity index (χ0v) is 9.21. The van der Waals surface area contributed by atoms with Crippen LogP contribution in [0, 0.1) is 12.3 Å². The van der Waals surface area contributed by atoms with Gasteiger partial charge in [-0.15, -0.1) is 6.42 Å². The molecule has 80 valence electrons. The second kappa shape index (κ2) is 3.90. The lowest BCUT2D eigenvalue weighted by molar-refractivity contribution is -0.000649. The Morgan fingerprint density at radius 2 is 2.14 bits per heavy atom. The Morgan fingerprint density at radius 3 is 2.64 bits per heavy atom. The van der Waals surface area contributed by atoms with Crippen molar-refractivity contribution >= 4 is 0 Å². The van der Waals surface area contributed by atoms with Crippen LogP contribution >= 0.6 is 0 Å². The van der Waals surface area contributed by atoms with Crippen LogP contribution in [0.5, 0.6) is 0 Å². The Kier molecular flexibility index (Phi) is 3.20. The minimum atomic E-state index is -1.14. The van der Waals surface area contributed by atoms with E-state index in [0.29, 0.717) is 13.2 Å². The molecule has 1 heterocycles. The van der Waals surface area contributed by atoms with Gasteiger partial charge in [-0.25, -0.2) is 0 Å². The summed E-state index contributed by atoms with van der Waals surface area (Å²) >= 11 is 0. The van der Waals surface area contributed by atoms with Crippen LogP contribution < -0.4 is 0 Å². The number of aliphatic hydroxyl groups is 1. The lowest BCUT2D eigenvalue weighted by Crippen LogP contribution is -2.50. The molecule has 0 bridgehead atoms. The third-order valence-electron chi connectivity index (χ3n) is 2.52. The van der Waals surface area contributed by atoms with Crippen molar-refractivity contribution in [1.29, 1.82) is 0 Å². The first-order valence-corrected chi connectivity index (χ1v) is 4.90. The van der Waals surface area contributed by atoms with E-state index >= 15 is 0 Å². The van der Waals surface area contributed by atoms with Crippen LogP contribution in [0.3, 0.4) is 0 Å². The molecule has 1 fully saturated rings. The van der Waals surface area contributed by atoms with E-state index in [4.69, 9.17) is 11.2 Å². The molecular formula is C11H19NO2. The third-order valence-corrected chi connectivity index (χ3v) is 2.52. The van der Waals surface area contributed by atoms with Gasteiger partial charge in [0.15, 0.2) is 5.60 Å². The molecule has 1 atom stereocenters. The predicted octanol–water partition coefficient (Wildman–Crippen LogP) is 0.481. The fraction of sp³-hybridized carbons (Fsp3) is 0.818. The number of β-amino-alcohol motifs (C(OH)–C–C–N with tert-alkyl or cyclic N) is 1. The molecule has 0 aliphatic carbocycles. The summed E-state index contributed by atoms with van der Waals surface area (Å²) in [5.41, 5.74) is -1.12. The minimum Gasteiger partial charge on any atom is -0.376 e. The smallest absolute Gasteiger partial charge is 0.160 e. The molecule has 0 unspecified atom stereocenters. The summed E-state index contributed by atoms with van der Waals surface area (Å²) < 4.78 is 5.29. The molecule has 1 rings (SSSR count). The third kappa shape index (κ3) is 2.71. The molecule has 1 N–H and O–H groups in total. The van der Waals surface area contributed by atoms with Crippen molar-refractivity contribution in [3.8, 4) is 12.3 Å². The Balaban J connectivity index is 2.76. The summed E-state index contributed by atoms with van der Waals surface area (Å²) in [6.07, 6.45) is 5.31. The lowest BCUT2D eigenvalue weighted by atomic mass is 10.0. The molecule has 0 radical (unpaired) electrons. The van der Waals surface area contributed by atoms with Gasteiger partial charge in [-0.1, -0.05) is 5.92 Å². The minimum absolute atomic E-state index is 0.0124.